The summed E-state index contributed by atoms with van der Waals surface area (Å²) in [7, 11) is 1.73. The zero-order valence-corrected chi connectivity index (χ0v) is 15.1. The normalized spacial score (nSPS) is 22.7. The van der Waals surface area contributed by atoms with Crippen molar-refractivity contribution in [2.45, 2.75) is 44.6 Å². The fourth-order valence-electron chi connectivity index (χ4n) is 4.18. The molecular formula is C19H25N5O2. The van der Waals surface area contributed by atoms with Crippen LogP contribution in [0, 0.1) is 11.8 Å². The first kappa shape index (κ1) is 17.0. The van der Waals surface area contributed by atoms with Crippen LogP contribution in [0.1, 0.15) is 49.7 Å². The van der Waals surface area contributed by atoms with Crippen LogP contribution in [0.5, 0.6) is 0 Å². The molecule has 1 aliphatic heterocycles. The molecule has 2 fully saturated rings. The molecule has 2 aromatic heterocycles. The summed E-state index contributed by atoms with van der Waals surface area (Å²) in [6.45, 7) is 0.759. The van der Waals surface area contributed by atoms with Gasteiger partial charge in [-0.3, -0.25) is 14.3 Å². The van der Waals surface area contributed by atoms with Gasteiger partial charge in [-0.2, -0.15) is 5.10 Å². The molecule has 1 saturated heterocycles. The average Bonchev–Trinajstić information content (AvgIpc) is 3.33. The number of aromatic nitrogens is 4. The van der Waals surface area contributed by atoms with Gasteiger partial charge in [0.1, 0.15) is 0 Å². The summed E-state index contributed by atoms with van der Waals surface area (Å²) in [5.41, 5.74) is 0.799. The number of rotatable bonds is 6. The van der Waals surface area contributed by atoms with Gasteiger partial charge in [-0.15, -0.1) is 0 Å². The lowest BCUT2D eigenvalue weighted by Crippen LogP contribution is -2.34. The van der Waals surface area contributed by atoms with Crippen molar-refractivity contribution < 1.29 is 4.79 Å². The molecule has 138 valence electrons. The number of hydrogen-bond acceptors (Lipinski definition) is 4. The third-order valence-electron chi connectivity index (χ3n) is 5.72. The van der Waals surface area contributed by atoms with E-state index in [0.717, 1.165) is 31.5 Å². The van der Waals surface area contributed by atoms with Crippen LogP contribution in [0.25, 0.3) is 0 Å². The Hall–Kier alpha value is -2.44. The second-order valence-electron chi connectivity index (χ2n) is 7.44. The molecule has 2 aliphatic rings. The summed E-state index contributed by atoms with van der Waals surface area (Å²) in [5.74, 6) is 1.94. The number of H-pyrrole nitrogens is 1. The van der Waals surface area contributed by atoms with Crippen molar-refractivity contribution in [1.82, 2.24) is 24.6 Å². The van der Waals surface area contributed by atoms with Crippen molar-refractivity contribution in [1.29, 1.82) is 0 Å². The molecule has 1 saturated carbocycles. The van der Waals surface area contributed by atoms with E-state index in [0.29, 0.717) is 24.1 Å². The molecule has 0 radical (unpaired) electrons. The van der Waals surface area contributed by atoms with Crippen LogP contribution in [0.2, 0.25) is 0 Å². The van der Waals surface area contributed by atoms with E-state index in [1.54, 1.807) is 17.8 Å². The van der Waals surface area contributed by atoms with Gasteiger partial charge in [-0.05, 0) is 56.1 Å². The maximum atomic E-state index is 12.9. The lowest BCUT2D eigenvalue weighted by molar-refractivity contribution is -0.132. The summed E-state index contributed by atoms with van der Waals surface area (Å²) >= 11 is 0. The number of amides is 1. The van der Waals surface area contributed by atoms with Crippen molar-refractivity contribution >= 4 is 5.91 Å². The van der Waals surface area contributed by atoms with E-state index < -0.39 is 0 Å². The van der Waals surface area contributed by atoms with E-state index >= 15 is 0 Å². The predicted octanol–water partition coefficient (Wildman–Crippen LogP) is 1.83. The van der Waals surface area contributed by atoms with E-state index in [-0.39, 0.29) is 17.6 Å². The van der Waals surface area contributed by atoms with Crippen molar-refractivity contribution in [2.24, 2.45) is 18.9 Å². The monoisotopic (exact) mass is 355 g/mol. The number of nitrogens with one attached hydrogen (secondary N) is 1. The fourth-order valence-corrected chi connectivity index (χ4v) is 4.18. The maximum absolute atomic E-state index is 12.9. The molecule has 0 spiro atoms. The summed E-state index contributed by atoms with van der Waals surface area (Å²) < 4.78 is 1.56. The van der Waals surface area contributed by atoms with Gasteiger partial charge in [0.2, 0.25) is 5.91 Å². The van der Waals surface area contributed by atoms with Gasteiger partial charge in [0.15, 0.2) is 5.82 Å². The highest BCUT2D eigenvalue weighted by Crippen LogP contribution is 2.49. The van der Waals surface area contributed by atoms with Crippen LogP contribution in [-0.4, -0.2) is 37.1 Å². The predicted molar refractivity (Wildman–Crippen MR) is 96.3 cm³/mol. The number of aromatic amines is 1. The van der Waals surface area contributed by atoms with E-state index in [4.69, 9.17) is 0 Å². The van der Waals surface area contributed by atoms with Gasteiger partial charge in [-0.25, -0.2) is 9.89 Å². The SMILES string of the molecule is Cn1c(C2C(C3CC3)CCN2C(=O)CCCc2ccccn2)n[nH]c1=O. The summed E-state index contributed by atoms with van der Waals surface area (Å²) in [6.07, 6.45) is 7.32. The van der Waals surface area contributed by atoms with Crippen LogP contribution in [0.3, 0.4) is 0 Å². The quantitative estimate of drug-likeness (QED) is 0.857. The highest BCUT2D eigenvalue weighted by molar-refractivity contribution is 5.77. The summed E-state index contributed by atoms with van der Waals surface area (Å²) in [6, 6.07) is 5.79. The van der Waals surface area contributed by atoms with E-state index in [2.05, 4.69) is 15.2 Å². The molecular weight excluding hydrogens is 330 g/mol. The van der Waals surface area contributed by atoms with Crippen LogP contribution in [-0.2, 0) is 18.3 Å². The van der Waals surface area contributed by atoms with Crippen LogP contribution in [0.4, 0.5) is 0 Å². The van der Waals surface area contributed by atoms with Gasteiger partial charge >= 0.3 is 5.69 Å². The number of pyridine rings is 1. The molecule has 1 amide bonds. The average molecular weight is 355 g/mol. The zero-order valence-electron chi connectivity index (χ0n) is 15.1. The molecule has 26 heavy (non-hydrogen) atoms. The number of carbonyl (C=O) groups excluding carboxylic acids is 1. The summed E-state index contributed by atoms with van der Waals surface area (Å²) in [5, 5.41) is 6.77. The smallest absolute Gasteiger partial charge is 0.332 e. The number of nitrogens with zero attached hydrogens (tertiary/aromatic N) is 4. The minimum Gasteiger partial charge on any atom is -0.332 e. The number of hydrogen-bond donors (Lipinski definition) is 1. The first-order valence-electron chi connectivity index (χ1n) is 9.46. The second-order valence-corrected chi connectivity index (χ2v) is 7.44. The molecule has 3 heterocycles. The fraction of sp³-hybridized carbons (Fsp3) is 0.579. The second kappa shape index (κ2) is 7.05. The minimum atomic E-state index is -0.219. The van der Waals surface area contributed by atoms with Crippen molar-refractivity contribution in [3.05, 3.63) is 46.4 Å². The highest BCUT2D eigenvalue weighted by Gasteiger charge is 2.47. The van der Waals surface area contributed by atoms with Gasteiger partial charge in [0.25, 0.3) is 0 Å². The largest absolute Gasteiger partial charge is 0.343 e. The van der Waals surface area contributed by atoms with Crippen molar-refractivity contribution in [3.63, 3.8) is 0 Å². The third kappa shape index (κ3) is 3.30. The van der Waals surface area contributed by atoms with Gasteiger partial charge in [0, 0.05) is 31.9 Å². The van der Waals surface area contributed by atoms with Crippen LogP contribution >= 0.6 is 0 Å². The molecule has 0 aromatic carbocycles. The molecule has 7 nitrogen and oxygen atoms in total. The molecule has 1 N–H and O–H groups in total. The molecule has 2 aromatic rings. The Balaban J connectivity index is 1.46. The van der Waals surface area contributed by atoms with Gasteiger partial charge < -0.3 is 4.90 Å². The number of likely N-dealkylation sites (tertiary alicyclic amines) is 1. The first-order valence-corrected chi connectivity index (χ1v) is 9.46. The van der Waals surface area contributed by atoms with Crippen molar-refractivity contribution in [3.8, 4) is 0 Å². The Bertz CT molecular complexity index is 824. The maximum Gasteiger partial charge on any atom is 0.343 e. The van der Waals surface area contributed by atoms with E-state index in [9.17, 15) is 9.59 Å². The molecule has 0 bridgehead atoms. The van der Waals surface area contributed by atoms with Crippen LogP contribution < -0.4 is 5.69 Å². The Kier molecular flexibility index (Phi) is 4.61. The Morgan fingerprint density at radius 3 is 2.81 bits per heavy atom. The molecule has 4 rings (SSSR count). The Morgan fingerprint density at radius 1 is 1.31 bits per heavy atom. The lowest BCUT2D eigenvalue weighted by atomic mass is 9.94. The zero-order chi connectivity index (χ0) is 18.1. The molecule has 1 aliphatic carbocycles. The summed E-state index contributed by atoms with van der Waals surface area (Å²) in [4.78, 5) is 31.0. The highest BCUT2D eigenvalue weighted by atomic mass is 16.2. The number of carbonyl (C=O) groups is 1. The number of aryl methyl sites for hydroxylation is 1. The Morgan fingerprint density at radius 2 is 2.15 bits per heavy atom. The van der Waals surface area contributed by atoms with Crippen LogP contribution in [0.15, 0.2) is 29.2 Å². The lowest BCUT2D eigenvalue weighted by Gasteiger charge is -2.27. The standard InChI is InChI=1S/C19H25N5O2/c1-23-18(21-22-19(23)26)17-15(13-8-9-13)10-12-24(17)16(25)7-4-6-14-5-2-3-11-20-14/h2-3,5,11,13,15,17H,4,6-10,12H2,1H3,(H,22,26). The topological polar surface area (TPSA) is 83.9 Å². The Labute approximate surface area is 152 Å². The molecule has 7 heteroatoms. The van der Waals surface area contributed by atoms with Crippen molar-refractivity contribution in [2.75, 3.05) is 6.54 Å². The molecule has 2 unspecified atom stereocenters. The minimum absolute atomic E-state index is 0.0752. The van der Waals surface area contributed by atoms with E-state index in [1.807, 2.05) is 23.1 Å². The van der Waals surface area contributed by atoms with Gasteiger partial charge in [0.05, 0.1) is 6.04 Å². The van der Waals surface area contributed by atoms with Gasteiger partial charge in [-0.1, -0.05) is 6.07 Å². The first-order chi connectivity index (χ1) is 12.6. The van der Waals surface area contributed by atoms with E-state index in [1.165, 1.54) is 12.8 Å². The molecule has 2 atom stereocenters. The third-order valence-corrected chi connectivity index (χ3v) is 5.72.